The van der Waals surface area contributed by atoms with E-state index in [0.717, 1.165) is 38.8 Å². The van der Waals surface area contributed by atoms with Crippen molar-refractivity contribution in [3.8, 4) is 22.8 Å². The van der Waals surface area contributed by atoms with Crippen LogP contribution in [0.3, 0.4) is 0 Å². The molecule has 8 nitrogen and oxygen atoms in total. The lowest BCUT2D eigenvalue weighted by atomic mass is 10.0. The normalized spacial score (nSPS) is 11.2. The first-order valence-electron chi connectivity index (χ1n) is 8.80. The van der Waals surface area contributed by atoms with Crippen LogP contribution in [0.5, 0.6) is 0 Å². The molecule has 4 aromatic heterocycles. The van der Waals surface area contributed by atoms with Gasteiger partial charge in [-0.25, -0.2) is 0 Å². The molecular formula is C20H16N8. The number of nitrogens with zero attached hydrogens (tertiary/aromatic N) is 7. The molecule has 0 fully saturated rings. The van der Waals surface area contributed by atoms with Crippen LogP contribution in [0, 0.1) is 0 Å². The molecule has 1 N–H and O–H groups in total. The molecule has 0 amide bonds. The molecule has 0 aliphatic carbocycles. The van der Waals surface area contributed by atoms with E-state index in [1.165, 1.54) is 0 Å². The van der Waals surface area contributed by atoms with Crippen LogP contribution < -0.4 is 5.32 Å². The molecule has 0 aliphatic heterocycles. The van der Waals surface area contributed by atoms with Gasteiger partial charge in [-0.2, -0.15) is 5.10 Å². The standard InChI is InChI=1S/C20H16N8/c1-21-20-14-6-4-3-5-12(14)18(26-27-20)19-15-11-22-9-7-13(15)17(24-25-19)16-8-10-23-28(16)2/h3-11H,1-2H3,(H,21,27). The summed E-state index contributed by atoms with van der Waals surface area (Å²) in [4.78, 5) is 4.31. The van der Waals surface area contributed by atoms with Gasteiger partial charge in [0.1, 0.15) is 17.1 Å². The van der Waals surface area contributed by atoms with Gasteiger partial charge >= 0.3 is 0 Å². The first-order chi connectivity index (χ1) is 13.8. The third-order valence-electron chi connectivity index (χ3n) is 4.79. The summed E-state index contributed by atoms with van der Waals surface area (Å²) in [5.41, 5.74) is 2.97. The van der Waals surface area contributed by atoms with E-state index >= 15 is 0 Å². The number of hydrogen-bond donors (Lipinski definition) is 1. The van der Waals surface area contributed by atoms with Crippen LogP contribution in [0.25, 0.3) is 44.3 Å². The van der Waals surface area contributed by atoms with Crippen molar-refractivity contribution in [3.05, 3.63) is 55.0 Å². The number of nitrogens with one attached hydrogen (secondary N) is 1. The van der Waals surface area contributed by atoms with Gasteiger partial charge in [0.25, 0.3) is 0 Å². The fourth-order valence-corrected chi connectivity index (χ4v) is 3.43. The number of aryl methyl sites for hydroxylation is 1. The van der Waals surface area contributed by atoms with E-state index in [1.54, 1.807) is 23.3 Å². The minimum absolute atomic E-state index is 0.653. The summed E-state index contributed by atoms with van der Waals surface area (Å²) in [5.74, 6) is 0.723. The topological polar surface area (TPSA) is 94.3 Å². The summed E-state index contributed by atoms with van der Waals surface area (Å²) in [6.07, 6.45) is 5.29. The van der Waals surface area contributed by atoms with Gasteiger partial charge in [0.2, 0.25) is 0 Å². The molecule has 1 aromatic carbocycles. The Bertz CT molecular complexity index is 1320. The van der Waals surface area contributed by atoms with Gasteiger partial charge in [-0.1, -0.05) is 24.3 Å². The average molecular weight is 368 g/mol. The van der Waals surface area contributed by atoms with E-state index < -0.39 is 0 Å². The minimum Gasteiger partial charge on any atom is -0.371 e. The highest BCUT2D eigenvalue weighted by atomic mass is 15.3. The van der Waals surface area contributed by atoms with E-state index in [4.69, 9.17) is 0 Å². The number of benzene rings is 1. The third-order valence-corrected chi connectivity index (χ3v) is 4.79. The lowest BCUT2D eigenvalue weighted by Gasteiger charge is -2.11. The van der Waals surface area contributed by atoms with Crippen molar-refractivity contribution in [2.24, 2.45) is 7.05 Å². The van der Waals surface area contributed by atoms with Gasteiger partial charge in [-0.15, -0.1) is 20.4 Å². The highest BCUT2D eigenvalue weighted by Crippen LogP contribution is 2.34. The lowest BCUT2D eigenvalue weighted by molar-refractivity contribution is 0.772. The van der Waals surface area contributed by atoms with Crippen LogP contribution in [-0.2, 0) is 7.05 Å². The van der Waals surface area contributed by atoms with Gasteiger partial charge in [0, 0.05) is 54.2 Å². The molecule has 4 heterocycles. The maximum Gasteiger partial charge on any atom is 0.156 e. The Hall–Kier alpha value is -3.94. The zero-order valence-corrected chi connectivity index (χ0v) is 15.3. The molecule has 0 bridgehead atoms. The van der Waals surface area contributed by atoms with Gasteiger partial charge < -0.3 is 5.32 Å². The number of anilines is 1. The Kier molecular flexibility index (Phi) is 3.68. The van der Waals surface area contributed by atoms with Crippen molar-refractivity contribution in [1.29, 1.82) is 0 Å². The second-order valence-electron chi connectivity index (χ2n) is 6.35. The number of rotatable bonds is 3. The smallest absolute Gasteiger partial charge is 0.156 e. The summed E-state index contributed by atoms with van der Waals surface area (Å²) in [6.45, 7) is 0. The largest absolute Gasteiger partial charge is 0.371 e. The summed E-state index contributed by atoms with van der Waals surface area (Å²) >= 11 is 0. The highest BCUT2D eigenvalue weighted by molar-refractivity contribution is 6.06. The molecule has 0 spiro atoms. The second kappa shape index (κ2) is 6.34. The number of hydrogen-bond acceptors (Lipinski definition) is 7. The maximum absolute atomic E-state index is 4.53. The Labute approximate surface area is 160 Å². The Morgan fingerprint density at radius 2 is 1.46 bits per heavy atom. The summed E-state index contributed by atoms with van der Waals surface area (Å²) < 4.78 is 1.78. The molecule has 0 unspecified atom stereocenters. The van der Waals surface area contributed by atoms with Gasteiger partial charge in [-0.3, -0.25) is 9.67 Å². The molecule has 28 heavy (non-hydrogen) atoms. The van der Waals surface area contributed by atoms with Crippen molar-refractivity contribution in [2.75, 3.05) is 12.4 Å². The molecule has 5 rings (SSSR count). The van der Waals surface area contributed by atoms with Crippen LogP contribution in [0.2, 0.25) is 0 Å². The highest BCUT2D eigenvalue weighted by Gasteiger charge is 2.18. The molecule has 136 valence electrons. The van der Waals surface area contributed by atoms with Crippen LogP contribution in [0.4, 0.5) is 5.82 Å². The average Bonchev–Trinajstić information content (AvgIpc) is 3.18. The molecule has 8 heteroatoms. The van der Waals surface area contributed by atoms with Crippen LogP contribution in [-0.4, -0.2) is 42.2 Å². The number of aromatic nitrogens is 7. The van der Waals surface area contributed by atoms with Gasteiger partial charge in [0.15, 0.2) is 5.82 Å². The summed E-state index contributed by atoms with van der Waals surface area (Å²) in [6, 6.07) is 11.8. The van der Waals surface area contributed by atoms with Crippen molar-refractivity contribution < 1.29 is 0 Å². The first kappa shape index (κ1) is 16.2. The first-order valence-corrected chi connectivity index (χ1v) is 8.80. The predicted octanol–water partition coefficient (Wildman–Crippen LogP) is 3.08. The fourth-order valence-electron chi connectivity index (χ4n) is 3.43. The lowest BCUT2D eigenvalue weighted by Crippen LogP contribution is -2.03. The molecular weight excluding hydrogens is 352 g/mol. The second-order valence-corrected chi connectivity index (χ2v) is 6.35. The van der Waals surface area contributed by atoms with Crippen LogP contribution in [0.1, 0.15) is 0 Å². The molecule has 0 aliphatic rings. The Balaban J connectivity index is 1.83. The summed E-state index contributed by atoms with van der Waals surface area (Å²) in [5, 5.41) is 28.9. The zero-order chi connectivity index (χ0) is 19.1. The molecule has 0 radical (unpaired) electrons. The summed E-state index contributed by atoms with van der Waals surface area (Å²) in [7, 11) is 3.71. The van der Waals surface area contributed by atoms with Crippen molar-refractivity contribution >= 4 is 27.4 Å². The minimum atomic E-state index is 0.653. The Morgan fingerprint density at radius 3 is 2.25 bits per heavy atom. The third kappa shape index (κ3) is 2.38. The van der Waals surface area contributed by atoms with E-state index in [0.29, 0.717) is 11.4 Å². The van der Waals surface area contributed by atoms with E-state index in [9.17, 15) is 0 Å². The van der Waals surface area contributed by atoms with E-state index in [1.807, 2.05) is 50.5 Å². The zero-order valence-electron chi connectivity index (χ0n) is 15.3. The molecule has 5 aromatic rings. The SMILES string of the molecule is CNc1nnc(-c2nnc(-c3ccnn3C)c3ccncc23)c2ccccc12. The van der Waals surface area contributed by atoms with E-state index in [2.05, 4.69) is 35.8 Å². The maximum atomic E-state index is 4.53. The molecule has 0 saturated heterocycles. The van der Waals surface area contributed by atoms with Crippen molar-refractivity contribution in [2.45, 2.75) is 0 Å². The van der Waals surface area contributed by atoms with Gasteiger partial charge in [0.05, 0.1) is 5.69 Å². The predicted molar refractivity (Wildman–Crippen MR) is 108 cm³/mol. The monoisotopic (exact) mass is 368 g/mol. The van der Waals surface area contributed by atoms with Crippen LogP contribution in [0.15, 0.2) is 55.0 Å². The van der Waals surface area contributed by atoms with Gasteiger partial charge in [-0.05, 0) is 12.1 Å². The fraction of sp³-hybridized carbons (Fsp3) is 0.100. The van der Waals surface area contributed by atoms with E-state index in [-0.39, 0.29) is 0 Å². The van der Waals surface area contributed by atoms with Crippen molar-refractivity contribution in [3.63, 3.8) is 0 Å². The number of fused-ring (bicyclic) bond motifs is 2. The molecule has 0 saturated carbocycles. The quantitative estimate of drug-likeness (QED) is 0.523. The van der Waals surface area contributed by atoms with Crippen LogP contribution >= 0.6 is 0 Å². The number of pyridine rings is 1. The molecule has 0 atom stereocenters. The Morgan fingerprint density at radius 1 is 0.750 bits per heavy atom. The van der Waals surface area contributed by atoms with Crippen molar-refractivity contribution in [1.82, 2.24) is 35.2 Å².